The molecule has 0 spiro atoms. The van der Waals surface area contributed by atoms with Crippen LogP contribution in [0.2, 0.25) is 0 Å². The summed E-state index contributed by atoms with van der Waals surface area (Å²) in [4.78, 5) is -0.00309. The molecule has 0 amide bonds. The summed E-state index contributed by atoms with van der Waals surface area (Å²) in [5.74, 6) is 0. The predicted molar refractivity (Wildman–Crippen MR) is 56.9 cm³/mol. The number of nitrogens with one attached hydrogen (secondary N) is 2. The standard InChI is InChI=1S/C8H9ClN2O2S/c1-11-8-3-2-7(14(9,12)13)4-6(8)5-10/h2-5,10-11H,1H3. The second-order valence-electron chi connectivity index (χ2n) is 2.58. The zero-order chi connectivity index (χ0) is 10.8. The minimum Gasteiger partial charge on any atom is -0.388 e. The summed E-state index contributed by atoms with van der Waals surface area (Å²) in [7, 11) is 3.13. The largest absolute Gasteiger partial charge is 0.388 e. The van der Waals surface area contributed by atoms with Crippen molar-refractivity contribution in [3.8, 4) is 0 Å². The van der Waals surface area contributed by atoms with Gasteiger partial charge in [-0.3, -0.25) is 0 Å². The summed E-state index contributed by atoms with van der Waals surface area (Å²) in [6.45, 7) is 0. The molecule has 1 rings (SSSR count). The fourth-order valence-electron chi connectivity index (χ4n) is 1.04. The van der Waals surface area contributed by atoms with Crippen LogP contribution in [0, 0.1) is 5.41 Å². The van der Waals surface area contributed by atoms with E-state index in [1.807, 2.05) is 0 Å². The van der Waals surface area contributed by atoms with E-state index in [0.29, 0.717) is 11.3 Å². The molecule has 1 aromatic carbocycles. The topological polar surface area (TPSA) is 70.0 Å². The Hall–Kier alpha value is -1.07. The third kappa shape index (κ3) is 2.24. The normalized spacial score (nSPS) is 11.0. The fraction of sp³-hybridized carbons (Fsp3) is 0.125. The molecule has 4 nitrogen and oxygen atoms in total. The van der Waals surface area contributed by atoms with Gasteiger partial charge in [0.05, 0.1) is 4.90 Å². The van der Waals surface area contributed by atoms with E-state index in [-0.39, 0.29) is 4.90 Å². The molecule has 0 atom stereocenters. The van der Waals surface area contributed by atoms with E-state index in [2.05, 4.69) is 5.32 Å². The van der Waals surface area contributed by atoms with Crippen molar-refractivity contribution < 1.29 is 8.42 Å². The maximum Gasteiger partial charge on any atom is 0.261 e. The average molecular weight is 233 g/mol. The average Bonchev–Trinajstić information content (AvgIpc) is 2.15. The molecule has 0 saturated heterocycles. The first-order chi connectivity index (χ1) is 6.49. The molecule has 0 saturated carbocycles. The molecule has 6 heteroatoms. The van der Waals surface area contributed by atoms with Gasteiger partial charge in [-0.05, 0) is 18.2 Å². The van der Waals surface area contributed by atoms with Gasteiger partial charge in [0.15, 0.2) is 0 Å². The maximum absolute atomic E-state index is 11.0. The molecule has 0 aromatic heterocycles. The van der Waals surface area contributed by atoms with Gasteiger partial charge in [0.25, 0.3) is 9.05 Å². The van der Waals surface area contributed by atoms with Gasteiger partial charge in [0, 0.05) is 35.2 Å². The molecule has 2 N–H and O–H groups in total. The summed E-state index contributed by atoms with van der Waals surface area (Å²) in [6, 6.07) is 4.30. The Morgan fingerprint density at radius 3 is 2.57 bits per heavy atom. The van der Waals surface area contributed by atoms with Crippen LogP contribution >= 0.6 is 10.7 Å². The number of hydrogen-bond donors (Lipinski definition) is 2. The van der Waals surface area contributed by atoms with Crippen molar-refractivity contribution in [3.05, 3.63) is 23.8 Å². The zero-order valence-electron chi connectivity index (χ0n) is 7.41. The number of anilines is 1. The monoisotopic (exact) mass is 232 g/mol. The molecule has 1 aromatic rings. The van der Waals surface area contributed by atoms with E-state index in [0.717, 1.165) is 6.21 Å². The van der Waals surface area contributed by atoms with Crippen molar-refractivity contribution in [3.63, 3.8) is 0 Å². The van der Waals surface area contributed by atoms with Gasteiger partial charge in [-0.15, -0.1) is 0 Å². The number of benzene rings is 1. The van der Waals surface area contributed by atoms with Gasteiger partial charge < -0.3 is 10.7 Å². The van der Waals surface area contributed by atoms with Gasteiger partial charge in [0.1, 0.15) is 0 Å². The third-order valence-corrected chi connectivity index (χ3v) is 3.08. The Bertz CT molecular complexity index is 456. The van der Waals surface area contributed by atoms with Crippen LogP contribution in [0.3, 0.4) is 0 Å². The summed E-state index contributed by atoms with van der Waals surface area (Å²) in [6.07, 6.45) is 1.07. The zero-order valence-corrected chi connectivity index (χ0v) is 8.98. The van der Waals surface area contributed by atoms with E-state index in [1.165, 1.54) is 12.1 Å². The van der Waals surface area contributed by atoms with Crippen molar-refractivity contribution >= 4 is 31.6 Å². The van der Waals surface area contributed by atoms with Crippen LogP contribution in [0.25, 0.3) is 0 Å². The minimum atomic E-state index is -3.72. The molecule has 0 unspecified atom stereocenters. The lowest BCUT2D eigenvalue weighted by Crippen LogP contribution is -1.97. The molecular weight excluding hydrogens is 224 g/mol. The Morgan fingerprint density at radius 1 is 1.50 bits per heavy atom. The number of halogens is 1. The van der Waals surface area contributed by atoms with E-state index in [1.54, 1.807) is 13.1 Å². The van der Waals surface area contributed by atoms with Crippen LogP contribution in [-0.2, 0) is 9.05 Å². The van der Waals surface area contributed by atoms with Crippen LogP contribution < -0.4 is 5.32 Å². The highest BCUT2D eigenvalue weighted by molar-refractivity contribution is 8.13. The Kier molecular flexibility index (Phi) is 3.13. The molecule has 0 aliphatic rings. The van der Waals surface area contributed by atoms with Crippen molar-refractivity contribution in [2.24, 2.45) is 0 Å². The predicted octanol–water partition coefficient (Wildman–Crippen LogP) is 1.65. The molecule has 0 aliphatic carbocycles. The van der Waals surface area contributed by atoms with Gasteiger partial charge in [-0.25, -0.2) is 8.42 Å². The molecule has 0 radical (unpaired) electrons. The van der Waals surface area contributed by atoms with Crippen molar-refractivity contribution in [2.75, 3.05) is 12.4 Å². The van der Waals surface area contributed by atoms with Crippen LogP contribution in [-0.4, -0.2) is 21.7 Å². The molecule has 0 aliphatic heterocycles. The smallest absolute Gasteiger partial charge is 0.261 e. The van der Waals surface area contributed by atoms with Crippen LogP contribution in [0.4, 0.5) is 5.69 Å². The quantitative estimate of drug-likeness (QED) is 0.615. The maximum atomic E-state index is 11.0. The van der Waals surface area contributed by atoms with E-state index in [4.69, 9.17) is 16.1 Å². The highest BCUT2D eigenvalue weighted by Crippen LogP contribution is 2.21. The lowest BCUT2D eigenvalue weighted by Gasteiger charge is -2.05. The van der Waals surface area contributed by atoms with Crippen molar-refractivity contribution in [1.29, 1.82) is 5.41 Å². The molecule has 76 valence electrons. The molecule has 0 bridgehead atoms. The first kappa shape index (κ1) is 11.0. The highest BCUT2D eigenvalue weighted by Gasteiger charge is 2.11. The summed E-state index contributed by atoms with van der Waals surface area (Å²) < 4.78 is 21.9. The molecule has 0 heterocycles. The molecular formula is C8H9ClN2O2S. The molecule has 0 fully saturated rings. The van der Waals surface area contributed by atoms with E-state index >= 15 is 0 Å². The van der Waals surface area contributed by atoms with Gasteiger partial charge in [0.2, 0.25) is 0 Å². The van der Waals surface area contributed by atoms with Crippen LogP contribution in [0.1, 0.15) is 5.56 Å². The van der Waals surface area contributed by atoms with E-state index in [9.17, 15) is 8.42 Å². The van der Waals surface area contributed by atoms with Crippen molar-refractivity contribution in [1.82, 2.24) is 0 Å². The second-order valence-corrected chi connectivity index (χ2v) is 5.15. The van der Waals surface area contributed by atoms with Crippen LogP contribution in [0.5, 0.6) is 0 Å². The lowest BCUT2D eigenvalue weighted by molar-refractivity contribution is 0.609. The van der Waals surface area contributed by atoms with Gasteiger partial charge in [-0.1, -0.05) is 0 Å². The van der Waals surface area contributed by atoms with Crippen molar-refractivity contribution in [2.45, 2.75) is 4.90 Å². The summed E-state index contributed by atoms with van der Waals surface area (Å²) in [5, 5.41) is 9.92. The summed E-state index contributed by atoms with van der Waals surface area (Å²) in [5.41, 5.74) is 1.17. The Labute approximate surface area is 86.8 Å². The highest BCUT2D eigenvalue weighted by atomic mass is 35.7. The third-order valence-electron chi connectivity index (χ3n) is 1.73. The molecule has 14 heavy (non-hydrogen) atoms. The number of hydrogen-bond acceptors (Lipinski definition) is 4. The minimum absolute atomic E-state index is 0.00309. The van der Waals surface area contributed by atoms with Gasteiger partial charge >= 0.3 is 0 Å². The first-order valence-corrected chi connectivity index (χ1v) is 6.07. The first-order valence-electron chi connectivity index (χ1n) is 3.76. The number of rotatable bonds is 3. The SMILES string of the molecule is CNc1ccc(S(=O)(=O)Cl)cc1C=N. The summed E-state index contributed by atoms with van der Waals surface area (Å²) >= 11 is 0. The van der Waals surface area contributed by atoms with E-state index < -0.39 is 9.05 Å². The Balaban J connectivity index is 3.35. The lowest BCUT2D eigenvalue weighted by atomic mass is 10.2. The van der Waals surface area contributed by atoms with Crippen LogP contribution in [0.15, 0.2) is 23.1 Å². The fourth-order valence-corrected chi connectivity index (χ4v) is 1.83. The van der Waals surface area contributed by atoms with Gasteiger partial charge in [-0.2, -0.15) is 0 Å². The second kappa shape index (κ2) is 3.98. The Morgan fingerprint density at radius 2 is 2.14 bits per heavy atom.